The zero-order chi connectivity index (χ0) is 26.9. The lowest BCUT2D eigenvalue weighted by molar-refractivity contribution is -0.141. The second-order valence-electron chi connectivity index (χ2n) is 8.23. The van der Waals surface area contributed by atoms with Crippen LogP contribution in [-0.2, 0) is 26.2 Å². The van der Waals surface area contributed by atoms with Crippen molar-refractivity contribution in [3.05, 3.63) is 58.1 Å². The molecule has 0 aromatic heterocycles. The Morgan fingerprint density at radius 1 is 1.06 bits per heavy atom. The van der Waals surface area contributed by atoms with Crippen molar-refractivity contribution in [2.24, 2.45) is 0 Å². The van der Waals surface area contributed by atoms with Crippen molar-refractivity contribution in [2.45, 2.75) is 45.7 Å². The second kappa shape index (κ2) is 13.7. The molecule has 36 heavy (non-hydrogen) atoms. The summed E-state index contributed by atoms with van der Waals surface area (Å²) in [4.78, 5) is 27.6. The maximum atomic E-state index is 13.4. The first-order valence-electron chi connectivity index (χ1n) is 11.6. The van der Waals surface area contributed by atoms with E-state index in [4.69, 9.17) is 27.9 Å². The number of benzene rings is 2. The number of likely N-dealkylation sites (N-methyl/N-ethyl adjacent to an activating group) is 1. The fourth-order valence-corrected chi connectivity index (χ4v) is 5.08. The van der Waals surface area contributed by atoms with E-state index in [0.29, 0.717) is 34.4 Å². The Kier molecular flexibility index (Phi) is 11.3. The van der Waals surface area contributed by atoms with Gasteiger partial charge < -0.3 is 15.0 Å². The van der Waals surface area contributed by atoms with Gasteiger partial charge in [-0.1, -0.05) is 36.2 Å². The molecular weight excluding hydrogens is 525 g/mol. The monoisotopic (exact) mass is 557 g/mol. The number of sulfonamides is 1. The number of carbonyl (C=O) groups excluding carboxylic acids is 2. The zero-order valence-corrected chi connectivity index (χ0v) is 23.3. The number of methoxy groups -OCH3 is 1. The van der Waals surface area contributed by atoms with Crippen LogP contribution in [-0.4, -0.2) is 57.6 Å². The van der Waals surface area contributed by atoms with Crippen LogP contribution in [0.3, 0.4) is 0 Å². The molecule has 0 spiro atoms. The highest BCUT2D eigenvalue weighted by atomic mass is 35.5. The van der Waals surface area contributed by atoms with Gasteiger partial charge in [0.15, 0.2) is 0 Å². The van der Waals surface area contributed by atoms with Gasteiger partial charge >= 0.3 is 0 Å². The number of anilines is 1. The Morgan fingerprint density at radius 3 is 2.25 bits per heavy atom. The first kappa shape index (κ1) is 29.7. The third-order valence-electron chi connectivity index (χ3n) is 5.59. The average Bonchev–Trinajstić information content (AvgIpc) is 2.83. The van der Waals surface area contributed by atoms with Crippen LogP contribution < -0.4 is 14.4 Å². The molecule has 0 unspecified atom stereocenters. The summed E-state index contributed by atoms with van der Waals surface area (Å²) in [5.41, 5.74) is 1.21. The Hall–Kier alpha value is -2.49. The summed E-state index contributed by atoms with van der Waals surface area (Å²) in [6.07, 6.45) is 1.86. The van der Waals surface area contributed by atoms with Crippen molar-refractivity contribution >= 4 is 50.7 Å². The van der Waals surface area contributed by atoms with Crippen molar-refractivity contribution in [3.8, 4) is 5.75 Å². The van der Waals surface area contributed by atoms with Gasteiger partial charge in [-0.05, 0) is 61.7 Å². The number of carbonyl (C=O) groups is 2. The topological polar surface area (TPSA) is 96.0 Å². The Labute approximate surface area is 223 Å². The van der Waals surface area contributed by atoms with Crippen molar-refractivity contribution < 1.29 is 22.7 Å². The Morgan fingerprint density at radius 2 is 1.72 bits per heavy atom. The summed E-state index contributed by atoms with van der Waals surface area (Å²) in [7, 11) is -2.05. The molecule has 0 radical (unpaired) electrons. The molecular formula is C25H33Cl2N3O5S. The molecule has 0 aliphatic carbocycles. The maximum absolute atomic E-state index is 13.4. The summed E-state index contributed by atoms with van der Waals surface area (Å²) in [6, 6.07) is 11.1. The molecule has 0 aliphatic heterocycles. The Balaban J connectivity index is 2.21. The van der Waals surface area contributed by atoms with Gasteiger partial charge in [-0.2, -0.15) is 0 Å². The normalized spacial score (nSPS) is 12.1. The van der Waals surface area contributed by atoms with Crippen molar-refractivity contribution in [1.29, 1.82) is 0 Å². The number of nitrogens with zero attached hydrogens (tertiary/aromatic N) is 2. The smallest absolute Gasteiger partial charge is 0.242 e. The molecule has 0 aliphatic rings. The van der Waals surface area contributed by atoms with Gasteiger partial charge in [-0.15, -0.1) is 0 Å². The first-order valence-corrected chi connectivity index (χ1v) is 14.2. The lowest BCUT2D eigenvalue weighted by Gasteiger charge is -2.31. The van der Waals surface area contributed by atoms with Gasteiger partial charge in [0.05, 0.1) is 29.1 Å². The maximum Gasteiger partial charge on any atom is 0.242 e. The van der Waals surface area contributed by atoms with Crippen molar-refractivity contribution in [1.82, 2.24) is 10.2 Å². The van der Waals surface area contributed by atoms with E-state index in [9.17, 15) is 18.0 Å². The van der Waals surface area contributed by atoms with E-state index in [0.717, 1.165) is 11.8 Å². The van der Waals surface area contributed by atoms with Gasteiger partial charge in [0.2, 0.25) is 21.8 Å². The van der Waals surface area contributed by atoms with Crippen LogP contribution in [0.25, 0.3) is 0 Å². The van der Waals surface area contributed by atoms with E-state index < -0.39 is 16.1 Å². The van der Waals surface area contributed by atoms with Crippen molar-refractivity contribution in [2.75, 3.05) is 30.8 Å². The van der Waals surface area contributed by atoms with Crippen LogP contribution in [0.4, 0.5) is 5.69 Å². The SMILES string of the molecule is CCNC(=O)[C@@H](CC)N(Cc1ccc(Cl)c(Cl)c1)C(=O)CCCN(c1ccc(OC)cc1)S(C)(=O)=O. The minimum atomic E-state index is -3.58. The predicted octanol–water partition coefficient (Wildman–Crippen LogP) is 4.49. The summed E-state index contributed by atoms with van der Waals surface area (Å²) >= 11 is 12.2. The van der Waals surface area contributed by atoms with E-state index in [2.05, 4.69) is 5.32 Å². The third-order valence-corrected chi connectivity index (χ3v) is 7.52. The van der Waals surface area contributed by atoms with Crippen LogP contribution in [0.15, 0.2) is 42.5 Å². The largest absolute Gasteiger partial charge is 0.497 e. The molecule has 2 aromatic rings. The predicted molar refractivity (Wildman–Crippen MR) is 144 cm³/mol. The Bertz CT molecular complexity index is 1140. The molecule has 1 atom stereocenters. The van der Waals surface area contributed by atoms with Crippen LogP contribution >= 0.6 is 23.2 Å². The lowest BCUT2D eigenvalue weighted by Crippen LogP contribution is -2.49. The standard InChI is InChI=1S/C25H33Cl2N3O5S/c1-5-23(25(32)28-6-2)29(17-18-9-14-21(26)22(27)16-18)24(31)8-7-15-30(36(4,33)34)19-10-12-20(35-3)13-11-19/h9-14,16,23H,5-8,15,17H2,1-4H3,(H,28,32)/t23-/m1/s1. The zero-order valence-electron chi connectivity index (χ0n) is 21.0. The third kappa shape index (κ3) is 8.28. The second-order valence-corrected chi connectivity index (χ2v) is 10.9. The summed E-state index contributed by atoms with van der Waals surface area (Å²) in [5, 5.41) is 3.54. The molecule has 0 saturated heterocycles. The molecule has 2 rings (SSSR count). The van der Waals surface area contributed by atoms with E-state index in [1.54, 1.807) is 42.5 Å². The number of rotatable bonds is 13. The molecule has 0 fully saturated rings. The molecule has 1 N–H and O–H groups in total. The van der Waals surface area contributed by atoms with Crippen LogP contribution in [0.5, 0.6) is 5.75 Å². The number of hydrogen-bond acceptors (Lipinski definition) is 5. The number of hydrogen-bond donors (Lipinski definition) is 1. The highest BCUT2D eigenvalue weighted by Gasteiger charge is 2.28. The fraction of sp³-hybridized carbons (Fsp3) is 0.440. The molecule has 11 heteroatoms. The van der Waals surface area contributed by atoms with Crippen LogP contribution in [0, 0.1) is 0 Å². The summed E-state index contributed by atoms with van der Waals surface area (Å²) < 4.78 is 31.3. The van der Waals surface area contributed by atoms with E-state index in [1.807, 2.05) is 13.8 Å². The lowest BCUT2D eigenvalue weighted by atomic mass is 10.1. The van der Waals surface area contributed by atoms with E-state index in [1.165, 1.54) is 16.3 Å². The van der Waals surface area contributed by atoms with Crippen molar-refractivity contribution in [3.63, 3.8) is 0 Å². The summed E-state index contributed by atoms with van der Waals surface area (Å²) in [6.45, 7) is 4.36. The molecule has 0 saturated carbocycles. The molecule has 8 nitrogen and oxygen atoms in total. The fourth-order valence-electron chi connectivity index (χ4n) is 3.80. The van der Waals surface area contributed by atoms with Gasteiger partial charge in [0.25, 0.3) is 0 Å². The van der Waals surface area contributed by atoms with E-state index in [-0.39, 0.29) is 37.7 Å². The molecule has 2 aromatic carbocycles. The van der Waals surface area contributed by atoms with Gasteiger partial charge in [-0.25, -0.2) is 8.42 Å². The molecule has 0 heterocycles. The first-order chi connectivity index (χ1) is 17.0. The number of nitrogens with one attached hydrogen (secondary N) is 1. The van der Waals surface area contributed by atoms with Crippen LogP contribution in [0.2, 0.25) is 10.0 Å². The van der Waals surface area contributed by atoms with E-state index >= 15 is 0 Å². The minimum absolute atomic E-state index is 0.0550. The highest BCUT2D eigenvalue weighted by Crippen LogP contribution is 2.25. The number of amides is 2. The highest BCUT2D eigenvalue weighted by molar-refractivity contribution is 7.92. The minimum Gasteiger partial charge on any atom is -0.497 e. The quantitative estimate of drug-likeness (QED) is 0.391. The number of halogens is 2. The van der Waals surface area contributed by atoms with Gasteiger partial charge in [0, 0.05) is 26.1 Å². The van der Waals surface area contributed by atoms with Crippen LogP contribution in [0.1, 0.15) is 38.7 Å². The molecule has 198 valence electrons. The number of ether oxygens (including phenoxy) is 1. The molecule has 0 bridgehead atoms. The molecule has 2 amide bonds. The average molecular weight is 559 g/mol. The summed E-state index contributed by atoms with van der Waals surface area (Å²) in [5.74, 6) is 0.100. The van der Waals surface area contributed by atoms with Gasteiger partial charge in [-0.3, -0.25) is 13.9 Å². The van der Waals surface area contributed by atoms with Gasteiger partial charge in [0.1, 0.15) is 11.8 Å².